The fourth-order valence-corrected chi connectivity index (χ4v) is 3.82. The molecule has 2 rings (SSSR count). The van der Waals surface area contributed by atoms with Crippen LogP contribution in [-0.4, -0.2) is 33.7 Å². The average Bonchev–Trinajstić information content (AvgIpc) is 2.56. The molecule has 0 atom stereocenters. The quantitative estimate of drug-likeness (QED) is 0.754. The first-order valence-electron chi connectivity index (χ1n) is 7.93. The molecule has 5 nitrogen and oxygen atoms in total. The van der Waals surface area contributed by atoms with E-state index >= 15 is 0 Å². The van der Waals surface area contributed by atoms with Crippen molar-refractivity contribution in [2.45, 2.75) is 13.3 Å². The molecule has 0 saturated carbocycles. The smallest absolute Gasteiger partial charge is 0.240 e. The summed E-state index contributed by atoms with van der Waals surface area (Å²) < 4.78 is 25.3. The van der Waals surface area contributed by atoms with Gasteiger partial charge in [0.15, 0.2) is 0 Å². The summed E-state index contributed by atoms with van der Waals surface area (Å²) in [6, 6.07) is 12.3. The van der Waals surface area contributed by atoms with Gasteiger partial charge < -0.3 is 5.32 Å². The molecule has 0 bridgehead atoms. The normalized spacial score (nSPS) is 11.2. The predicted octanol–water partition coefficient (Wildman–Crippen LogP) is 3.43. The van der Waals surface area contributed by atoms with Gasteiger partial charge in [0, 0.05) is 6.54 Å². The van der Waals surface area contributed by atoms with E-state index in [4.69, 9.17) is 23.2 Å². The van der Waals surface area contributed by atoms with Crippen LogP contribution in [0, 0.1) is 6.92 Å². The van der Waals surface area contributed by atoms with Crippen LogP contribution in [0.15, 0.2) is 42.5 Å². The lowest BCUT2D eigenvalue weighted by Gasteiger charge is -2.23. The third kappa shape index (κ3) is 5.37. The number of nitrogens with zero attached hydrogens (tertiary/aromatic N) is 1. The van der Waals surface area contributed by atoms with Gasteiger partial charge >= 0.3 is 0 Å². The Hall–Kier alpha value is -1.76. The van der Waals surface area contributed by atoms with Crippen molar-refractivity contribution >= 4 is 44.8 Å². The Morgan fingerprint density at radius 2 is 1.81 bits per heavy atom. The van der Waals surface area contributed by atoms with Gasteiger partial charge in [-0.2, -0.15) is 0 Å². The zero-order valence-corrected chi connectivity index (χ0v) is 16.8. The molecule has 1 N–H and O–H groups in total. The van der Waals surface area contributed by atoms with Gasteiger partial charge in [0.05, 0.1) is 22.0 Å². The van der Waals surface area contributed by atoms with Crippen molar-refractivity contribution in [1.82, 2.24) is 5.32 Å². The number of benzene rings is 2. The SMILES string of the molecule is Cc1ccccc1N(CC(=O)NCCc1cccc(Cl)c1Cl)S(C)(=O)=O. The van der Waals surface area contributed by atoms with Crippen molar-refractivity contribution < 1.29 is 13.2 Å². The molecule has 0 radical (unpaired) electrons. The first-order valence-corrected chi connectivity index (χ1v) is 10.5. The van der Waals surface area contributed by atoms with Crippen LogP contribution in [0.1, 0.15) is 11.1 Å². The van der Waals surface area contributed by atoms with Crippen LogP contribution >= 0.6 is 23.2 Å². The standard InChI is InChI=1S/C18H20Cl2N2O3S/c1-13-6-3-4-9-16(13)22(26(2,24)25)12-17(23)21-11-10-14-7-5-8-15(19)18(14)20/h3-9H,10-12H2,1-2H3,(H,21,23). The van der Waals surface area contributed by atoms with Crippen molar-refractivity contribution in [2.24, 2.45) is 0 Å². The Balaban J connectivity index is 2.02. The zero-order valence-electron chi connectivity index (χ0n) is 14.5. The fourth-order valence-electron chi connectivity index (χ4n) is 2.49. The van der Waals surface area contributed by atoms with Crippen molar-refractivity contribution in [3.05, 3.63) is 63.6 Å². The molecule has 2 aromatic rings. The monoisotopic (exact) mass is 414 g/mol. The first kappa shape index (κ1) is 20.6. The van der Waals surface area contributed by atoms with Gasteiger partial charge in [0.1, 0.15) is 6.54 Å². The summed E-state index contributed by atoms with van der Waals surface area (Å²) in [5.74, 6) is -0.392. The molecule has 0 heterocycles. The molecule has 0 saturated heterocycles. The Morgan fingerprint density at radius 3 is 2.46 bits per heavy atom. The van der Waals surface area contributed by atoms with Gasteiger partial charge in [-0.15, -0.1) is 0 Å². The molecule has 0 aliphatic rings. The summed E-state index contributed by atoms with van der Waals surface area (Å²) in [5, 5.41) is 3.64. The number of aryl methyl sites for hydroxylation is 1. The molecule has 26 heavy (non-hydrogen) atoms. The summed E-state index contributed by atoms with van der Waals surface area (Å²) in [6.45, 7) is 1.84. The third-order valence-electron chi connectivity index (χ3n) is 3.82. The maximum absolute atomic E-state index is 12.3. The lowest BCUT2D eigenvalue weighted by molar-refractivity contribution is -0.119. The first-order chi connectivity index (χ1) is 12.2. The average molecular weight is 415 g/mol. The highest BCUT2D eigenvalue weighted by atomic mass is 35.5. The molecular formula is C18H20Cl2N2O3S. The number of hydrogen-bond donors (Lipinski definition) is 1. The topological polar surface area (TPSA) is 66.5 Å². The van der Waals surface area contributed by atoms with Crippen LogP contribution in [-0.2, 0) is 21.2 Å². The van der Waals surface area contributed by atoms with E-state index in [2.05, 4.69) is 5.32 Å². The Bertz CT molecular complexity index is 901. The van der Waals surface area contributed by atoms with Crippen molar-refractivity contribution in [2.75, 3.05) is 23.7 Å². The van der Waals surface area contributed by atoms with Crippen molar-refractivity contribution in [1.29, 1.82) is 0 Å². The second-order valence-corrected chi connectivity index (χ2v) is 8.56. The van der Waals surface area contributed by atoms with Crippen LogP contribution < -0.4 is 9.62 Å². The van der Waals surface area contributed by atoms with Gasteiger partial charge in [-0.25, -0.2) is 8.42 Å². The highest BCUT2D eigenvalue weighted by Gasteiger charge is 2.21. The summed E-state index contributed by atoms with van der Waals surface area (Å²) in [6.07, 6.45) is 1.58. The van der Waals surface area contributed by atoms with Crippen LogP contribution in [0.4, 0.5) is 5.69 Å². The largest absolute Gasteiger partial charge is 0.354 e. The van der Waals surface area contributed by atoms with E-state index in [0.29, 0.717) is 28.7 Å². The lowest BCUT2D eigenvalue weighted by atomic mass is 10.1. The van der Waals surface area contributed by atoms with Crippen LogP contribution in [0.2, 0.25) is 10.0 Å². The van der Waals surface area contributed by atoms with Gasteiger partial charge in [-0.05, 0) is 36.6 Å². The molecule has 0 fully saturated rings. The summed E-state index contributed by atoms with van der Waals surface area (Å²) in [4.78, 5) is 12.3. The number of rotatable bonds is 7. The van der Waals surface area contributed by atoms with Crippen LogP contribution in [0.5, 0.6) is 0 Å². The molecule has 0 unspecified atom stereocenters. The minimum Gasteiger partial charge on any atom is -0.354 e. The predicted molar refractivity (Wildman–Crippen MR) is 107 cm³/mol. The number of sulfonamides is 1. The van der Waals surface area contributed by atoms with E-state index in [9.17, 15) is 13.2 Å². The number of carbonyl (C=O) groups excluding carboxylic acids is 1. The Morgan fingerprint density at radius 1 is 1.12 bits per heavy atom. The molecule has 0 spiro atoms. The fraction of sp³-hybridized carbons (Fsp3) is 0.278. The summed E-state index contributed by atoms with van der Waals surface area (Å²) in [5.41, 5.74) is 2.08. The molecule has 0 aliphatic carbocycles. The molecule has 140 valence electrons. The minimum absolute atomic E-state index is 0.285. The number of nitrogens with one attached hydrogen (secondary N) is 1. The van der Waals surface area contributed by atoms with Gasteiger partial charge in [-0.1, -0.05) is 53.5 Å². The molecule has 0 aliphatic heterocycles. The van der Waals surface area contributed by atoms with E-state index in [1.54, 1.807) is 37.3 Å². The Labute approximate surface area is 164 Å². The maximum atomic E-state index is 12.3. The number of hydrogen-bond acceptors (Lipinski definition) is 3. The van der Waals surface area contributed by atoms with E-state index in [0.717, 1.165) is 21.7 Å². The highest BCUT2D eigenvalue weighted by Crippen LogP contribution is 2.25. The third-order valence-corrected chi connectivity index (χ3v) is 5.80. The molecule has 0 aromatic heterocycles. The van der Waals surface area contributed by atoms with Crippen LogP contribution in [0.3, 0.4) is 0 Å². The number of anilines is 1. The van der Waals surface area contributed by atoms with E-state index in [1.165, 1.54) is 0 Å². The molecule has 2 aromatic carbocycles. The molecule has 1 amide bonds. The Kier molecular flexibility index (Phi) is 6.92. The van der Waals surface area contributed by atoms with E-state index in [1.807, 2.05) is 12.1 Å². The molecular weight excluding hydrogens is 395 g/mol. The highest BCUT2D eigenvalue weighted by molar-refractivity contribution is 7.92. The van der Waals surface area contributed by atoms with E-state index in [-0.39, 0.29) is 6.54 Å². The van der Waals surface area contributed by atoms with Crippen molar-refractivity contribution in [3.63, 3.8) is 0 Å². The number of amides is 1. The maximum Gasteiger partial charge on any atom is 0.240 e. The number of para-hydroxylation sites is 1. The number of halogens is 2. The van der Waals surface area contributed by atoms with E-state index < -0.39 is 15.9 Å². The molecule has 8 heteroatoms. The second kappa shape index (κ2) is 8.75. The van der Waals surface area contributed by atoms with Gasteiger partial charge in [0.25, 0.3) is 0 Å². The van der Waals surface area contributed by atoms with Gasteiger partial charge in [0.2, 0.25) is 15.9 Å². The summed E-state index contributed by atoms with van der Waals surface area (Å²) in [7, 11) is -3.59. The van der Waals surface area contributed by atoms with Crippen LogP contribution in [0.25, 0.3) is 0 Å². The minimum atomic E-state index is -3.59. The zero-order chi connectivity index (χ0) is 19.3. The van der Waals surface area contributed by atoms with Gasteiger partial charge in [-0.3, -0.25) is 9.10 Å². The number of carbonyl (C=O) groups is 1. The second-order valence-electron chi connectivity index (χ2n) is 5.87. The van der Waals surface area contributed by atoms with Crippen molar-refractivity contribution in [3.8, 4) is 0 Å². The lowest BCUT2D eigenvalue weighted by Crippen LogP contribution is -2.41. The summed E-state index contributed by atoms with van der Waals surface area (Å²) >= 11 is 12.1.